The highest BCUT2D eigenvalue weighted by Crippen LogP contribution is 2.19. The SMILES string of the molecule is CCC[C@H](C)n1nccc1NC(=O)N1CCN(Cc2cccs2)CC1. The summed E-state index contributed by atoms with van der Waals surface area (Å²) in [5, 5.41) is 9.51. The van der Waals surface area contributed by atoms with Crippen molar-refractivity contribution in [3.63, 3.8) is 0 Å². The second-order valence-electron chi connectivity index (χ2n) is 6.57. The number of nitrogens with one attached hydrogen (secondary N) is 1. The normalized spacial score (nSPS) is 16.8. The highest BCUT2D eigenvalue weighted by atomic mass is 32.1. The maximum Gasteiger partial charge on any atom is 0.323 e. The fourth-order valence-corrected chi connectivity index (χ4v) is 3.97. The van der Waals surface area contributed by atoms with Crippen LogP contribution in [-0.2, 0) is 6.54 Å². The average molecular weight is 362 g/mol. The van der Waals surface area contributed by atoms with Crippen molar-refractivity contribution < 1.29 is 4.79 Å². The summed E-state index contributed by atoms with van der Waals surface area (Å²) in [7, 11) is 0. The second kappa shape index (κ2) is 8.49. The lowest BCUT2D eigenvalue weighted by molar-refractivity contribution is 0.143. The van der Waals surface area contributed by atoms with Crippen LogP contribution in [0.3, 0.4) is 0 Å². The highest BCUT2D eigenvalue weighted by molar-refractivity contribution is 7.09. The van der Waals surface area contributed by atoms with Crippen molar-refractivity contribution in [3.05, 3.63) is 34.7 Å². The van der Waals surface area contributed by atoms with Crippen LogP contribution < -0.4 is 5.32 Å². The maximum atomic E-state index is 12.6. The molecule has 1 atom stereocenters. The predicted octanol–water partition coefficient (Wildman–Crippen LogP) is 3.66. The van der Waals surface area contributed by atoms with Crippen LogP contribution in [0.25, 0.3) is 0 Å². The molecule has 0 aliphatic carbocycles. The van der Waals surface area contributed by atoms with Gasteiger partial charge in [-0.25, -0.2) is 9.48 Å². The average Bonchev–Trinajstić information content (AvgIpc) is 3.27. The number of carbonyl (C=O) groups excluding carboxylic acids is 1. The van der Waals surface area contributed by atoms with Gasteiger partial charge in [0.05, 0.1) is 12.2 Å². The summed E-state index contributed by atoms with van der Waals surface area (Å²) >= 11 is 1.79. The van der Waals surface area contributed by atoms with Crippen LogP contribution in [0, 0.1) is 0 Å². The van der Waals surface area contributed by atoms with Crippen LogP contribution in [0.1, 0.15) is 37.6 Å². The molecule has 1 saturated heterocycles. The molecular formula is C18H27N5OS. The molecule has 7 heteroatoms. The van der Waals surface area contributed by atoms with Crippen LogP contribution in [0.15, 0.2) is 29.8 Å². The van der Waals surface area contributed by atoms with Gasteiger partial charge in [0.15, 0.2) is 0 Å². The number of nitrogens with zero attached hydrogens (tertiary/aromatic N) is 4. The van der Waals surface area contributed by atoms with Crippen molar-refractivity contribution in [1.29, 1.82) is 0 Å². The Labute approximate surface area is 153 Å². The summed E-state index contributed by atoms with van der Waals surface area (Å²) in [5.74, 6) is 0.784. The molecule has 0 bridgehead atoms. The zero-order valence-corrected chi connectivity index (χ0v) is 15.8. The number of aromatic nitrogens is 2. The lowest BCUT2D eigenvalue weighted by Gasteiger charge is -2.34. The summed E-state index contributed by atoms with van der Waals surface area (Å²) in [6.07, 6.45) is 3.90. The summed E-state index contributed by atoms with van der Waals surface area (Å²) in [5.41, 5.74) is 0. The van der Waals surface area contributed by atoms with E-state index in [1.807, 2.05) is 15.6 Å². The number of amides is 2. The van der Waals surface area contributed by atoms with E-state index in [-0.39, 0.29) is 12.1 Å². The fraction of sp³-hybridized carbons (Fsp3) is 0.556. The van der Waals surface area contributed by atoms with Crippen molar-refractivity contribution in [2.45, 2.75) is 39.3 Å². The first-order valence-corrected chi connectivity index (χ1v) is 9.89. The zero-order valence-electron chi connectivity index (χ0n) is 15.0. The van der Waals surface area contributed by atoms with Crippen molar-refractivity contribution >= 4 is 23.2 Å². The molecule has 0 aromatic carbocycles. The van der Waals surface area contributed by atoms with Gasteiger partial charge in [-0.05, 0) is 24.8 Å². The van der Waals surface area contributed by atoms with Crippen LogP contribution in [-0.4, -0.2) is 51.8 Å². The number of urea groups is 1. The summed E-state index contributed by atoms with van der Waals surface area (Å²) in [4.78, 5) is 18.3. The molecule has 6 nitrogen and oxygen atoms in total. The van der Waals surface area contributed by atoms with E-state index in [9.17, 15) is 4.79 Å². The van der Waals surface area contributed by atoms with E-state index in [4.69, 9.17) is 0 Å². The molecule has 0 radical (unpaired) electrons. The number of hydrogen-bond donors (Lipinski definition) is 1. The molecule has 2 aromatic heterocycles. The zero-order chi connectivity index (χ0) is 17.6. The second-order valence-corrected chi connectivity index (χ2v) is 7.60. The number of hydrogen-bond acceptors (Lipinski definition) is 4. The first-order chi connectivity index (χ1) is 12.2. The van der Waals surface area contributed by atoms with E-state index in [1.165, 1.54) is 4.88 Å². The lowest BCUT2D eigenvalue weighted by atomic mass is 10.2. The molecular weight excluding hydrogens is 334 g/mol. The Morgan fingerprint density at radius 3 is 2.80 bits per heavy atom. The van der Waals surface area contributed by atoms with Gasteiger partial charge in [0, 0.05) is 43.7 Å². The minimum atomic E-state index is -0.0266. The summed E-state index contributed by atoms with van der Waals surface area (Å²) in [6.45, 7) is 8.62. The maximum absolute atomic E-state index is 12.6. The number of thiophene rings is 1. The minimum Gasteiger partial charge on any atom is -0.322 e. The number of piperazine rings is 1. The van der Waals surface area contributed by atoms with Gasteiger partial charge in [-0.2, -0.15) is 5.10 Å². The van der Waals surface area contributed by atoms with Gasteiger partial charge in [0.1, 0.15) is 5.82 Å². The van der Waals surface area contributed by atoms with E-state index in [2.05, 4.69) is 46.7 Å². The van der Waals surface area contributed by atoms with E-state index in [0.717, 1.165) is 51.4 Å². The quantitative estimate of drug-likeness (QED) is 0.854. The largest absolute Gasteiger partial charge is 0.323 e. The van der Waals surface area contributed by atoms with E-state index >= 15 is 0 Å². The Morgan fingerprint density at radius 2 is 2.12 bits per heavy atom. The molecule has 25 heavy (non-hydrogen) atoms. The molecule has 2 aromatic rings. The van der Waals surface area contributed by atoms with E-state index in [1.54, 1.807) is 17.5 Å². The van der Waals surface area contributed by atoms with Gasteiger partial charge in [0.25, 0.3) is 0 Å². The van der Waals surface area contributed by atoms with Crippen molar-refractivity contribution in [3.8, 4) is 0 Å². The third-order valence-corrected chi connectivity index (χ3v) is 5.51. The Kier molecular flexibility index (Phi) is 6.09. The molecule has 0 unspecified atom stereocenters. The Balaban J connectivity index is 1.51. The molecule has 1 fully saturated rings. The molecule has 1 aliphatic rings. The Bertz CT molecular complexity index is 661. The number of anilines is 1. The van der Waals surface area contributed by atoms with Gasteiger partial charge >= 0.3 is 6.03 Å². The topological polar surface area (TPSA) is 53.4 Å². The van der Waals surface area contributed by atoms with Crippen molar-refractivity contribution in [2.75, 3.05) is 31.5 Å². The molecule has 0 saturated carbocycles. The third kappa shape index (κ3) is 4.61. The van der Waals surface area contributed by atoms with Gasteiger partial charge in [-0.1, -0.05) is 19.4 Å². The predicted molar refractivity (Wildman–Crippen MR) is 102 cm³/mol. The van der Waals surface area contributed by atoms with E-state index < -0.39 is 0 Å². The van der Waals surface area contributed by atoms with Crippen LogP contribution >= 0.6 is 11.3 Å². The smallest absolute Gasteiger partial charge is 0.322 e. The Morgan fingerprint density at radius 1 is 1.32 bits per heavy atom. The minimum absolute atomic E-state index is 0.0266. The first kappa shape index (κ1) is 17.9. The van der Waals surface area contributed by atoms with Gasteiger partial charge < -0.3 is 4.90 Å². The van der Waals surface area contributed by atoms with Gasteiger partial charge in [-0.3, -0.25) is 10.2 Å². The molecule has 2 amide bonds. The molecule has 1 aliphatic heterocycles. The van der Waals surface area contributed by atoms with Crippen LogP contribution in [0.4, 0.5) is 10.6 Å². The highest BCUT2D eigenvalue weighted by Gasteiger charge is 2.22. The van der Waals surface area contributed by atoms with Gasteiger partial charge in [0.2, 0.25) is 0 Å². The first-order valence-electron chi connectivity index (χ1n) is 9.01. The molecule has 3 heterocycles. The molecule has 3 rings (SSSR count). The third-order valence-electron chi connectivity index (χ3n) is 4.65. The van der Waals surface area contributed by atoms with Crippen LogP contribution in [0.5, 0.6) is 0 Å². The van der Waals surface area contributed by atoms with Crippen molar-refractivity contribution in [1.82, 2.24) is 19.6 Å². The number of carbonyl (C=O) groups is 1. The van der Waals surface area contributed by atoms with Crippen LogP contribution in [0.2, 0.25) is 0 Å². The molecule has 1 N–H and O–H groups in total. The summed E-state index contributed by atoms with van der Waals surface area (Å²) in [6, 6.07) is 6.39. The lowest BCUT2D eigenvalue weighted by Crippen LogP contribution is -2.49. The van der Waals surface area contributed by atoms with Crippen molar-refractivity contribution in [2.24, 2.45) is 0 Å². The van der Waals surface area contributed by atoms with E-state index in [0.29, 0.717) is 0 Å². The Hall–Kier alpha value is -1.86. The molecule has 136 valence electrons. The monoisotopic (exact) mass is 361 g/mol. The fourth-order valence-electron chi connectivity index (χ4n) is 3.23. The molecule has 0 spiro atoms. The summed E-state index contributed by atoms with van der Waals surface area (Å²) < 4.78 is 1.91. The van der Waals surface area contributed by atoms with Gasteiger partial charge in [-0.15, -0.1) is 11.3 Å². The number of rotatable bonds is 6. The standard InChI is InChI=1S/C18H27N5OS/c1-3-5-15(2)23-17(7-8-19-23)20-18(24)22-11-9-21(10-12-22)14-16-6-4-13-25-16/h4,6-8,13,15H,3,5,9-12,14H2,1-2H3,(H,20,24)/t15-/m0/s1.